The van der Waals surface area contributed by atoms with Crippen LogP contribution in [0.4, 0.5) is 5.82 Å². The van der Waals surface area contributed by atoms with E-state index in [0.717, 1.165) is 34.9 Å². The summed E-state index contributed by atoms with van der Waals surface area (Å²) >= 11 is 9.35. The molecule has 2 rings (SSSR count). The third-order valence-corrected chi connectivity index (χ3v) is 3.50. The number of alkyl halides is 1. The van der Waals surface area contributed by atoms with Crippen molar-refractivity contribution < 1.29 is 0 Å². The molecule has 1 atom stereocenters. The summed E-state index contributed by atoms with van der Waals surface area (Å²) in [6.45, 7) is 4.47. The summed E-state index contributed by atoms with van der Waals surface area (Å²) in [5.41, 5.74) is 1.11. The number of anilines is 1. The summed E-state index contributed by atoms with van der Waals surface area (Å²) in [5, 5.41) is 0. The van der Waals surface area contributed by atoms with Gasteiger partial charge < -0.3 is 4.90 Å². The van der Waals surface area contributed by atoms with Crippen LogP contribution in [0.1, 0.15) is 18.9 Å². The Hall–Kier alpha value is -0.280. The molecule has 1 saturated heterocycles. The normalized spacial score (nSPS) is 21.0. The largest absolute Gasteiger partial charge is 0.356 e. The summed E-state index contributed by atoms with van der Waals surface area (Å²) in [7, 11) is 0. The van der Waals surface area contributed by atoms with Crippen molar-refractivity contribution in [3.8, 4) is 0 Å². The highest BCUT2D eigenvalue weighted by atomic mass is 79.9. The van der Waals surface area contributed by atoms with E-state index in [1.54, 1.807) is 0 Å². The Kier molecular flexibility index (Phi) is 3.52. The lowest BCUT2D eigenvalue weighted by atomic mass is 10.2. The van der Waals surface area contributed by atoms with Crippen LogP contribution < -0.4 is 4.90 Å². The summed E-state index contributed by atoms with van der Waals surface area (Å²) in [6, 6.07) is 2.05. The maximum absolute atomic E-state index is 5.93. The van der Waals surface area contributed by atoms with Crippen LogP contribution in [0.15, 0.2) is 16.7 Å². The van der Waals surface area contributed by atoms with Crippen LogP contribution in [-0.4, -0.2) is 18.1 Å². The van der Waals surface area contributed by atoms with E-state index in [1.807, 2.05) is 6.20 Å². The molecular weight excluding hydrogens is 275 g/mol. The second-order valence-corrected chi connectivity index (χ2v) is 5.29. The van der Waals surface area contributed by atoms with Gasteiger partial charge >= 0.3 is 0 Å². The fourth-order valence-corrected chi connectivity index (χ4v) is 2.56. The number of pyridine rings is 1. The van der Waals surface area contributed by atoms with E-state index < -0.39 is 0 Å². The standard InChI is InChI=1S/C11H14BrClN2/c1-8-2-3-15(7-8)11-9(5-13)4-10(12)6-14-11/h4,6,8H,2-3,5,7H2,1H3. The Labute approximate surface area is 104 Å². The van der Waals surface area contributed by atoms with Gasteiger partial charge in [0.05, 0.1) is 5.88 Å². The summed E-state index contributed by atoms with van der Waals surface area (Å²) in [5.74, 6) is 2.34. The molecule has 0 amide bonds. The van der Waals surface area contributed by atoms with Crippen LogP contribution in [0.3, 0.4) is 0 Å². The molecule has 0 aliphatic carbocycles. The van der Waals surface area contributed by atoms with Gasteiger partial charge in [0, 0.05) is 29.3 Å². The monoisotopic (exact) mass is 288 g/mol. The molecule has 1 aliphatic heterocycles. The van der Waals surface area contributed by atoms with Crippen molar-refractivity contribution in [1.82, 2.24) is 4.98 Å². The number of rotatable bonds is 2. The van der Waals surface area contributed by atoms with Gasteiger partial charge in [-0.05, 0) is 34.3 Å². The molecule has 1 aliphatic rings. The van der Waals surface area contributed by atoms with Gasteiger partial charge in [-0.3, -0.25) is 0 Å². The Morgan fingerprint density at radius 1 is 1.67 bits per heavy atom. The highest BCUT2D eigenvalue weighted by Gasteiger charge is 2.21. The minimum absolute atomic E-state index is 0.520. The molecule has 1 unspecified atom stereocenters. The highest BCUT2D eigenvalue weighted by molar-refractivity contribution is 9.10. The van der Waals surface area contributed by atoms with Crippen molar-refractivity contribution >= 4 is 33.3 Å². The molecular formula is C11H14BrClN2. The first kappa shape index (κ1) is 11.2. The van der Waals surface area contributed by atoms with Crippen LogP contribution in [0.2, 0.25) is 0 Å². The molecule has 0 bridgehead atoms. The van der Waals surface area contributed by atoms with Gasteiger partial charge in [0.2, 0.25) is 0 Å². The molecule has 1 aromatic rings. The predicted octanol–water partition coefficient (Wildman–Crippen LogP) is 3.43. The highest BCUT2D eigenvalue weighted by Crippen LogP contribution is 2.27. The van der Waals surface area contributed by atoms with Crippen molar-refractivity contribution in [1.29, 1.82) is 0 Å². The van der Waals surface area contributed by atoms with E-state index in [9.17, 15) is 0 Å². The zero-order valence-corrected chi connectivity index (χ0v) is 11.1. The predicted molar refractivity (Wildman–Crippen MR) is 67.5 cm³/mol. The van der Waals surface area contributed by atoms with Gasteiger partial charge in [0.15, 0.2) is 0 Å². The Morgan fingerprint density at radius 2 is 2.47 bits per heavy atom. The first-order valence-corrected chi connectivity index (χ1v) is 6.49. The second kappa shape index (κ2) is 4.71. The van der Waals surface area contributed by atoms with Gasteiger partial charge in [-0.1, -0.05) is 6.92 Å². The summed E-state index contributed by atoms with van der Waals surface area (Å²) < 4.78 is 0.995. The van der Waals surface area contributed by atoms with Crippen LogP contribution in [-0.2, 0) is 5.88 Å². The second-order valence-electron chi connectivity index (χ2n) is 4.11. The Bertz CT molecular complexity index is 356. The van der Waals surface area contributed by atoms with E-state index in [4.69, 9.17) is 11.6 Å². The van der Waals surface area contributed by atoms with Crippen LogP contribution in [0.5, 0.6) is 0 Å². The Balaban J connectivity index is 2.27. The van der Waals surface area contributed by atoms with E-state index in [2.05, 4.69) is 38.8 Å². The maximum atomic E-state index is 5.93. The van der Waals surface area contributed by atoms with Gasteiger partial charge in [-0.2, -0.15) is 0 Å². The molecule has 1 aromatic heterocycles. The molecule has 2 nitrogen and oxygen atoms in total. The molecule has 0 radical (unpaired) electrons. The fourth-order valence-electron chi connectivity index (χ4n) is 1.98. The zero-order chi connectivity index (χ0) is 10.8. The summed E-state index contributed by atoms with van der Waals surface area (Å²) in [4.78, 5) is 6.79. The number of aromatic nitrogens is 1. The third-order valence-electron chi connectivity index (χ3n) is 2.78. The van der Waals surface area contributed by atoms with Crippen molar-refractivity contribution in [3.63, 3.8) is 0 Å². The van der Waals surface area contributed by atoms with E-state index in [-0.39, 0.29) is 0 Å². The van der Waals surface area contributed by atoms with Crippen molar-refractivity contribution in [2.75, 3.05) is 18.0 Å². The third kappa shape index (κ3) is 2.45. The molecule has 0 spiro atoms. The smallest absolute Gasteiger partial charge is 0.133 e. The molecule has 2 heterocycles. The minimum Gasteiger partial charge on any atom is -0.356 e. The van der Waals surface area contributed by atoms with Crippen LogP contribution in [0.25, 0.3) is 0 Å². The van der Waals surface area contributed by atoms with Gasteiger partial charge in [0.25, 0.3) is 0 Å². The van der Waals surface area contributed by atoms with Crippen LogP contribution in [0, 0.1) is 5.92 Å². The average molecular weight is 290 g/mol. The van der Waals surface area contributed by atoms with Gasteiger partial charge in [-0.15, -0.1) is 11.6 Å². The van der Waals surface area contributed by atoms with Gasteiger partial charge in [-0.25, -0.2) is 4.98 Å². The fraction of sp³-hybridized carbons (Fsp3) is 0.545. The first-order valence-electron chi connectivity index (χ1n) is 5.16. The topological polar surface area (TPSA) is 16.1 Å². The number of hydrogen-bond acceptors (Lipinski definition) is 2. The van der Waals surface area contributed by atoms with E-state index in [0.29, 0.717) is 5.88 Å². The number of halogens is 2. The van der Waals surface area contributed by atoms with E-state index >= 15 is 0 Å². The molecule has 82 valence electrons. The zero-order valence-electron chi connectivity index (χ0n) is 8.71. The maximum Gasteiger partial charge on any atom is 0.133 e. The number of hydrogen-bond donors (Lipinski definition) is 0. The minimum atomic E-state index is 0.520. The quantitative estimate of drug-likeness (QED) is 0.776. The molecule has 4 heteroatoms. The Morgan fingerprint density at radius 3 is 3.07 bits per heavy atom. The molecule has 15 heavy (non-hydrogen) atoms. The molecule has 0 saturated carbocycles. The lowest BCUT2D eigenvalue weighted by Gasteiger charge is -2.19. The molecule has 1 fully saturated rings. The molecule has 0 aromatic carbocycles. The van der Waals surface area contributed by atoms with Crippen molar-refractivity contribution in [2.45, 2.75) is 19.2 Å². The molecule has 0 N–H and O–H groups in total. The lowest BCUT2D eigenvalue weighted by Crippen LogP contribution is -2.21. The van der Waals surface area contributed by atoms with Crippen molar-refractivity contribution in [2.24, 2.45) is 5.92 Å². The van der Waals surface area contributed by atoms with Crippen LogP contribution >= 0.6 is 27.5 Å². The first-order chi connectivity index (χ1) is 7.20. The van der Waals surface area contributed by atoms with Crippen molar-refractivity contribution in [3.05, 3.63) is 22.3 Å². The lowest BCUT2D eigenvalue weighted by molar-refractivity contribution is 0.658. The average Bonchev–Trinajstić information content (AvgIpc) is 2.64. The van der Waals surface area contributed by atoms with Gasteiger partial charge in [0.1, 0.15) is 5.82 Å². The summed E-state index contributed by atoms with van der Waals surface area (Å²) in [6.07, 6.45) is 3.09. The SMILES string of the molecule is CC1CCN(c2ncc(Br)cc2CCl)C1. The van der Waals surface area contributed by atoms with E-state index in [1.165, 1.54) is 6.42 Å². The number of nitrogens with zero attached hydrogens (tertiary/aromatic N) is 2.